The van der Waals surface area contributed by atoms with Crippen LogP contribution in [0.1, 0.15) is 27.6 Å². The van der Waals surface area contributed by atoms with Gasteiger partial charge in [-0.25, -0.2) is 4.98 Å². The number of anilines is 3. The Labute approximate surface area is 189 Å². The van der Waals surface area contributed by atoms with Crippen molar-refractivity contribution in [3.63, 3.8) is 0 Å². The number of hydrogen-bond donors (Lipinski definition) is 4. The third-order valence-corrected chi connectivity index (χ3v) is 5.18. The van der Waals surface area contributed by atoms with Gasteiger partial charge in [-0.2, -0.15) is 10.2 Å². The van der Waals surface area contributed by atoms with Gasteiger partial charge in [0.15, 0.2) is 0 Å². The van der Waals surface area contributed by atoms with Crippen LogP contribution in [0.15, 0.2) is 61.1 Å². The van der Waals surface area contributed by atoms with Gasteiger partial charge in [0.1, 0.15) is 5.69 Å². The minimum atomic E-state index is -0.204. The number of nitrogens with one attached hydrogen (secondary N) is 4. The molecule has 5 aromatic rings. The van der Waals surface area contributed by atoms with E-state index in [2.05, 4.69) is 35.9 Å². The van der Waals surface area contributed by atoms with Crippen LogP contribution in [0.25, 0.3) is 23.1 Å². The first-order chi connectivity index (χ1) is 16.0. The van der Waals surface area contributed by atoms with E-state index in [1.807, 2.05) is 61.5 Å². The zero-order chi connectivity index (χ0) is 22.8. The molecule has 0 unspecified atom stereocenters. The summed E-state index contributed by atoms with van der Waals surface area (Å²) in [6.45, 7) is 1.86. The summed E-state index contributed by atoms with van der Waals surface area (Å²) in [5, 5.41) is 19.0. The zero-order valence-corrected chi connectivity index (χ0v) is 18.1. The minimum absolute atomic E-state index is 0.204. The Bertz CT molecular complexity index is 1460. The fraction of sp³-hybridized carbons (Fsp3) is 0.0833. The SMILES string of the molecule is Cc1cc(C(=O)Nc2cccc(Nc3ccc4c(C=Cc5cnc[nH]5)n[nH]c4c3)c2)n(C)n1. The van der Waals surface area contributed by atoms with Crippen molar-refractivity contribution in [2.24, 2.45) is 7.05 Å². The van der Waals surface area contributed by atoms with Gasteiger partial charge in [-0.3, -0.25) is 14.6 Å². The molecule has 0 aliphatic carbocycles. The van der Waals surface area contributed by atoms with Crippen LogP contribution in [0.5, 0.6) is 0 Å². The number of rotatable bonds is 6. The lowest BCUT2D eigenvalue weighted by molar-refractivity contribution is 0.101. The Balaban J connectivity index is 1.31. The standard InChI is InChI=1S/C24H22N8O/c1-15-10-23(32(2)31-15)24(33)28-17-5-3-4-16(11-17)27-18-6-8-20-21(29-30-22(20)12-18)9-7-19-13-25-14-26-19/h3-14,27H,1-2H3,(H,25,26)(H,28,33)(H,29,30). The van der Waals surface area contributed by atoms with Crippen LogP contribution < -0.4 is 10.6 Å². The highest BCUT2D eigenvalue weighted by atomic mass is 16.2. The van der Waals surface area contributed by atoms with E-state index < -0.39 is 0 Å². The third-order valence-electron chi connectivity index (χ3n) is 5.18. The zero-order valence-electron chi connectivity index (χ0n) is 18.1. The van der Waals surface area contributed by atoms with Crippen LogP contribution in [0.2, 0.25) is 0 Å². The van der Waals surface area contributed by atoms with Gasteiger partial charge in [0.05, 0.1) is 35.1 Å². The predicted octanol–water partition coefficient (Wildman–Crippen LogP) is 4.49. The second-order valence-electron chi connectivity index (χ2n) is 7.66. The molecule has 0 saturated carbocycles. The van der Waals surface area contributed by atoms with Gasteiger partial charge in [0.25, 0.3) is 5.91 Å². The normalized spacial score (nSPS) is 11.3. The van der Waals surface area contributed by atoms with Crippen LogP contribution in [0.4, 0.5) is 17.1 Å². The molecule has 3 heterocycles. The molecule has 3 aromatic heterocycles. The van der Waals surface area contributed by atoms with Crippen LogP contribution in [-0.2, 0) is 7.05 Å². The molecule has 0 saturated heterocycles. The summed E-state index contributed by atoms with van der Waals surface area (Å²) in [5.41, 5.74) is 6.43. The maximum atomic E-state index is 12.6. The number of aromatic amines is 2. The summed E-state index contributed by atoms with van der Waals surface area (Å²) in [5.74, 6) is -0.204. The highest BCUT2D eigenvalue weighted by Gasteiger charge is 2.12. The van der Waals surface area contributed by atoms with Crippen molar-refractivity contribution in [2.45, 2.75) is 6.92 Å². The molecule has 164 valence electrons. The summed E-state index contributed by atoms with van der Waals surface area (Å²) in [6.07, 6.45) is 7.26. The molecule has 0 bridgehead atoms. The Morgan fingerprint density at radius 2 is 1.91 bits per heavy atom. The van der Waals surface area contributed by atoms with Crippen molar-refractivity contribution < 1.29 is 4.79 Å². The summed E-state index contributed by atoms with van der Waals surface area (Å²) >= 11 is 0. The van der Waals surface area contributed by atoms with Crippen LogP contribution in [-0.4, -0.2) is 35.9 Å². The van der Waals surface area contributed by atoms with E-state index >= 15 is 0 Å². The van der Waals surface area contributed by atoms with E-state index in [-0.39, 0.29) is 5.91 Å². The van der Waals surface area contributed by atoms with E-state index in [0.29, 0.717) is 11.4 Å². The van der Waals surface area contributed by atoms with Gasteiger partial charge in [-0.05, 0) is 61.5 Å². The lowest BCUT2D eigenvalue weighted by Crippen LogP contribution is -2.16. The Morgan fingerprint density at radius 3 is 2.70 bits per heavy atom. The summed E-state index contributed by atoms with van der Waals surface area (Å²) in [4.78, 5) is 19.6. The van der Waals surface area contributed by atoms with E-state index in [1.54, 1.807) is 30.3 Å². The quantitative estimate of drug-likeness (QED) is 0.312. The van der Waals surface area contributed by atoms with Crippen LogP contribution in [0, 0.1) is 6.92 Å². The van der Waals surface area contributed by atoms with E-state index in [0.717, 1.165) is 39.4 Å². The Morgan fingerprint density at radius 1 is 1.06 bits per heavy atom. The van der Waals surface area contributed by atoms with E-state index in [9.17, 15) is 4.79 Å². The number of H-pyrrole nitrogens is 2. The molecule has 0 spiro atoms. The molecule has 0 aliphatic heterocycles. The molecule has 1 amide bonds. The maximum Gasteiger partial charge on any atom is 0.273 e. The predicted molar refractivity (Wildman–Crippen MR) is 129 cm³/mol. The van der Waals surface area contributed by atoms with Crippen molar-refractivity contribution >= 4 is 46.0 Å². The fourth-order valence-electron chi connectivity index (χ4n) is 3.63. The number of nitrogens with zero attached hydrogens (tertiary/aromatic N) is 4. The number of carbonyl (C=O) groups is 1. The van der Waals surface area contributed by atoms with E-state index in [4.69, 9.17) is 0 Å². The van der Waals surface area contributed by atoms with Crippen molar-refractivity contribution in [2.75, 3.05) is 10.6 Å². The highest BCUT2D eigenvalue weighted by molar-refractivity contribution is 6.03. The molecule has 5 rings (SSSR count). The molecule has 9 nitrogen and oxygen atoms in total. The van der Waals surface area contributed by atoms with E-state index in [1.165, 1.54) is 0 Å². The number of hydrogen-bond acceptors (Lipinski definition) is 5. The van der Waals surface area contributed by atoms with Gasteiger partial charge in [0.2, 0.25) is 0 Å². The first kappa shape index (κ1) is 20.3. The topological polar surface area (TPSA) is 116 Å². The number of carbonyl (C=O) groups excluding carboxylic acids is 1. The van der Waals surface area contributed by atoms with Gasteiger partial charge in [-0.1, -0.05) is 6.07 Å². The summed E-state index contributed by atoms with van der Waals surface area (Å²) in [7, 11) is 1.75. The van der Waals surface area contributed by atoms with Crippen molar-refractivity contribution in [1.29, 1.82) is 0 Å². The largest absolute Gasteiger partial charge is 0.355 e. The van der Waals surface area contributed by atoms with Crippen molar-refractivity contribution in [1.82, 2.24) is 29.9 Å². The number of aromatic nitrogens is 6. The molecule has 33 heavy (non-hydrogen) atoms. The number of fused-ring (bicyclic) bond motifs is 1. The average Bonchev–Trinajstić information content (AvgIpc) is 3.52. The fourth-order valence-corrected chi connectivity index (χ4v) is 3.63. The smallest absolute Gasteiger partial charge is 0.273 e. The van der Waals surface area contributed by atoms with Crippen LogP contribution in [0.3, 0.4) is 0 Å². The van der Waals surface area contributed by atoms with Gasteiger partial charge in [0, 0.05) is 29.5 Å². The maximum absolute atomic E-state index is 12.6. The monoisotopic (exact) mass is 438 g/mol. The molecular weight excluding hydrogens is 416 g/mol. The molecule has 2 aromatic carbocycles. The molecule has 0 atom stereocenters. The molecule has 9 heteroatoms. The van der Waals surface area contributed by atoms with Gasteiger partial charge >= 0.3 is 0 Å². The first-order valence-corrected chi connectivity index (χ1v) is 10.4. The molecular formula is C24H22N8O. The molecule has 0 radical (unpaired) electrons. The summed E-state index contributed by atoms with van der Waals surface area (Å²) < 4.78 is 1.57. The lowest BCUT2D eigenvalue weighted by Gasteiger charge is -2.10. The second kappa shape index (κ2) is 8.46. The summed E-state index contributed by atoms with van der Waals surface area (Å²) in [6, 6.07) is 15.3. The lowest BCUT2D eigenvalue weighted by atomic mass is 10.1. The molecule has 0 aliphatic rings. The van der Waals surface area contributed by atoms with Crippen molar-refractivity contribution in [3.8, 4) is 0 Å². The Kier molecular flexibility index (Phi) is 5.19. The Hall–Kier alpha value is -4.66. The number of benzene rings is 2. The number of imidazole rings is 1. The van der Waals surface area contributed by atoms with Gasteiger partial charge in [-0.15, -0.1) is 0 Å². The number of aryl methyl sites for hydroxylation is 2. The first-order valence-electron chi connectivity index (χ1n) is 10.4. The number of amides is 1. The molecule has 4 N–H and O–H groups in total. The minimum Gasteiger partial charge on any atom is -0.355 e. The van der Waals surface area contributed by atoms with Crippen molar-refractivity contribution in [3.05, 3.63) is 83.8 Å². The molecule has 0 fully saturated rings. The third kappa shape index (κ3) is 4.38. The highest BCUT2D eigenvalue weighted by Crippen LogP contribution is 2.25. The average molecular weight is 438 g/mol. The van der Waals surface area contributed by atoms with Gasteiger partial charge < -0.3 is 15.6 Å². The second-order valence-corrected chi connectivity index (χ2v) is 7.66. The van der Waals surface area contributed by atoms with Crippen LogP contribution >= 0.6 is 0 Å².